The molecule has 1 heterocycles. The van der Waals surface area contributed by atoms with Gasteiger partial charge in [0.25, 0.3) is 5.69 Å². The average molecular weight is 362 g/mol. The van der Waals surface area contributed by atoms with E-state index in [9.17, 15) is 14.9 Å². The summed E-state index contributed by atoms with van der Waals surface area (Å²) >= 11 is 0. The molecule has 7 heteroatoms. The predicted molar refractivity (Wildman–Crippen MR) is 104 cm³/mol. The first kappa shape index (κ1) is 20.2. The number of carbonyl (C=O) groups is 1. The van der Waals surface area contributed by atoms with Crippen LogP contribution in [0.4, 0.5) is 16.2 Å². The van der Waals surface area contributed by atoms with E-state index in [1.165, 1.54) is 31.4 Å². The maximum atomic E-state index is 12.3. The van der Waals surface area contributed by atoms with Crippen LogP contribution in [0.25, 0.3) is 0 Å². The van der Waals surface area contributed by atoms with Crippen LogP contribution in [0.3, 0.4) is 0 Å². The van der Waals surface area contributed by atoms with Crippen molar-refractivity contribution in [3.63, 3.8) is 0 Å². The number of carbonyl (C=O) groups excluding carboxylic acids is 1. The van der Waals surface area contributed by atoms with E-state index < -0.39 is 4.92 Å². The molecule has 1 atom stereocenters. The topological polar surface area (TPSA) is 87.5 Å². The second-order valence-corrected chi connectivity index (χ2v) is 7.74. The van der Waals surface area contributed by atoms with E-state index in [1.807, 2.05) is 6.92 Å². The predicted octanol–water partition coefficient (Wildman–Crippen LogP) is 3.93. The minimum absolute atomic E-state index is 0.0369. The molecule has 0 aliphatic carbocycles. The molecule has 0 saturated carbocycles. The van der Waals surface area contributed by atoms with E-state index in [2.05, 4.69) is 36.3 Å². The number of nitrogens with one attached hydrogen (secondary N) is 2. The molecule has 0 bridgehead atoms. The van der Waals surface area contributed by atoms with E-state index in [4.69, 9.17) is 0 Å². The molecule has 0 aromatic heterocycles. The minimum Gasteiger partial charge on any atom is -0.336 e. The number of nitro groups is 1. The lowest BCUT2D eigenvalue weighted by Crippen LogP contribution is -2.55. The van der Waals surface area contributed by atoms with Crippen molar-refractivity contribution >= 4 is 17.4 Å². The van der Waals surface area contributed by atoms with Crippen molar-refractivity contribution in [1.82, 2.24) is 10.2 Å². The first-order chi connectivity index (χ1) is 12.2. The highest BCUT2D eigenvalue weighted by Crippen LogP contribution is 2.26. The summed E-state index contributed by atoms with van der Waals surface area (Å²) in [5.41, 5.74) is 1.07. The molecule has 1 saturated heterocycles. The monoisotopic (exact) mass is 362 g/mol. The highest BCUT2D eigenvalue weighted by molar-refractivity contribution is 5.90. The van der Waals surface area contributed by atoms with Crippen molar-refractivity contribution in [2.24, 2.45) is 5.92 Å². The molecule has 0 unspecified atom stereocenters. The van der Waals surface area contributed by atoms with Gasteiger partial charge in [0, 0.05) is 30.8 Å². The summed E-state index contributed by atoms with van der Waals surface area (Å²) in [6.07, 6.45) is 3.66. The number of nitro benzene ring substituents is 1. The molecule has 1 aromatic carbocycles. The lowest BCUT2D eigenvalue weighted by Gasteiger charge is -2.43. The molecule has 1 aliphatic rings. The Hall–Kier alpha value is -2.15. The van der Waals surface area contributed by atoms with Crippen molar-refractivity contribution < 1.29 is 9.72 Å². The van der Waals surface area contributed by atoms with E-state index in [-0.39, 0.29) is 17.3 Å². The number of hydrogen-bond acceptors (Lipinski definition) is 4. The van der Waals surface area contributed by atoms with Crippen LogP contribution < -0.4 is 10.6 Å². The van der Waals surface area contributed by atoms with Gasteiger partial charge in [-0.1, -0.05) is 19.4 Å². The quantitative estimate of drug-likeness (QED) is 0.593. The molecule has 2 N–H and O–H groups in total. The minimum atomic E-state index is -0.466. The zero-order valence-corrected chi connectivity index (χ0v) is 16.2. The molecule has 0 radical (unpaired) electrons. The maximum absolute atomic E-state index is 12.3. The number of benzene rings is 1. The molecule has 7 nitrogen and oxygen atoms in total. The molecule has 144 valence electrons. The summed E-state index contributed by atoms with van der Waals surface area (Å²) < 4.78 is 0. The summed E-state index contributed by atoms with van der Waals surface area (Å²) in [5, 5.41) is 16.5. The van der Waals surface area contributed by atoms with E-state index in [0.717, 1.165) is 24.6 Å². The molecule has 26 heavy (non-hydrogen) atoms. The Bertz CT molecular complexity index is 660. The third kappa shape index (κ3) is 5.17. The van der Waals surface area contributed by atoms with Crippen molar-refractivity contribution in [2.75, 3.05) is 25.0 Å². The number of hydrogen-bond donors (Lipinski definition) is 2. The number of urea groups is 1. The van der Waals surface area contributed by atoms with Crippen LogP contribution in [0, 0.1) is 23.0 Å². The fraction of sp³-hybridized carbons (Fsp3) is 0.632. The number of non-ortho nitro benzene ring substituents is 1. The summed E-state index contributed by atoms with van der Waals surface area (Å²) in [6, 6.07) is 4.11. The Kier molecular flexibility index (Phi) is 6.58. The van der Waals surface area contributed by atoms with Gasteiger partial charge >= 0.3 is 6.03 Å². The lowest BCUT2D eigenvalue weighted by molar-refractivity contribution is -0.384. The number of anilines is 1. The van der Waals surface area contributed by atoms with Gasteiger partial charge in [0.05, 0.1) is 10.6 Å². The summed E-state index contributed by atoms with van der Waals surface area (Å²) in [6.45, 7) is 11.0. The van der Waals surface area contributed by atoms with E-state index in [1.54, 1.807) is 6.07 Å². The van der Waals surface area contributed by atoms with Gasteiger partial charge in [0.2, 0.25) is 0 Å². The Balaban J connectivity index is 1.93. The third-order valence-electron chi connectivity index (χ3n) is 5.31. The van der Waals surface area contributed by atoms with Crippen LogP contribution in [-0.4, -0.2) is 41.0 Å². The number of likely N-dealkylation sites (tertiary alicyclic amines) is 1. The number of nitrogens with zero attached hydrogens (tertiary/aromatic N) is 2. The highest BCUT2D eigenvalue weighted by Gasteiger charge is 2.31. The van der Waals surface area contributed by atoms with Gasteiger partial charge in [-0.25, -0.2) is 4.79 Å². The summed E-state index contributed by atoms with van der Waals surface area (Å²) in [4.78, 5) is 25.2. The van der Waals surface area contributed by atoms with E-state index >= 15 is 0 Å². The van der Waals surface area contributed by atoms with Gasteiger partial charge in [-0.3, -0.25) is 15.0 Å². The standard InChI is InChI=1S/C19H30N4O3/c1-5-15-7-6-10-22(12-15)19(3,4)13-20-18(24)21-17-11-16(23(25)26)9-8-14(17)2/h8-9,11,15H,5-7,10,12-13H2,1-4H3,(H2,20,21,24)/t15-/m0/s1. The average Bonchev–Trinajstić information content (AvgIpc) is 2.62. The van der Waals surface area contributed by atoms with Crippen LogP contribution in [0.5, 0.6) is 0 Å². The molecular weight excluding hydrogens is 332 g/mol. The Morgan fingerprint density at radius 3 is 2.81 bits per heavy atom. The third-order valence-corrected chi connectivity index (χ3v) is 5.31. The second kappa shape index (κ2) is 8.49. The van der Waals surface area contributed by atoms with Crippen molar-refractivity contribution in [3.8, 4) is 0 Å². The molecule has 1 fully saturated rings. The van der Waals surface area contributed by atoms with Crippen LogP contribution in [0.1, 0.15) is 45.6 Å². The first-order valence-electron chi connectivity index (χ1n) is 9.28. The normalized spacial score (nSPS) is 18.4. The van der Waals surface area contributed by atoms with Crippen LogP contribution in [0.15, 0.2) is 18.2 Å². The zero-order chi connectivity index (χ0) is 19.3. The van der Waals surface area contributed by atoms with Gasteiger partial charge in [0.15, 0.2) is 0 Å². The van der Waals surface area contributed by atoms with Gasteiger partial charge in [-0.15, -0.1) is 0 Å². The van der Waals surface area contributed by atoms with Crippen molar-refractivity contribution in [3.05, 3.63) is 33.9 Å². The Morgan fingerprint density at radius 2 is 2.15 bits per heavy atom. The van der Waals surface area contributed by atoms with Crippen LogP contribution >= 0.6 is 0 Å². The first-order valence-corrected chi connectivity index (χ1v) is 9.28. The summed E-state index contributed by atoms with van der Waals surface area (Å²) in [5.74, 6) is 0.726. The smallest absolute Gasteiger partial charge is 0.319 e. The maximum Gasteiger partial charge on any atom is 0.319 e. The van der Waals surface area contributed by atoms with Gasteiger partial charge in [-0.2, -0.15) is 0 Å². The SMILES string of the molecule is CC[C@H]1CCCN(C(C)(C)CNC(=O)Nc2cc([N+](=O)[O-])ccc2C)C1. The molecular formula is C19H30N4O3. The Morgan fingerprint density at radius 1 is 1.42 bits per heavy atom. The fourth-order valence-corrected chi connectivity index (χ4v) is 3.38. The zero-order valence-electron chi connectivity index (χ0n) is 16.2. The Labute approximate surface area is 155 Å². The fourth-order valence-electron chi connectivity index (χ4n) is 3.38. The van der Waals surface area contributed by atoms with E-state index in [0.29, 0.717) is 12.2 Å². The van der Waals surface area contributed by atoms with Crippen molar-refractivity contribution in [1.29, 1.82) is 0 Å². The molecule has 2 amide bonds. The largest absolute Gasteiger partial charge is 0.336 e. The number of piperidine rings is 1. The van der Waals surface area contributed by atoms with Crippen molar-refractivity contribution in [2.45, 2.75) is 52.5 Å². The summed E-state index contributed by atoms with van der Waals surface area (Å²) in [7, 11) is 0. The highest BCUT2D eigenvalue weighted by atomic mass is 16.6. The number of amides is 2. The second-order valence-electron chi connectivity index (χ2n) is 7.74. The van der Waals surface area contributed by atoms with Gasteiger partial charge in [0.1, 0.15) is 0 Å². The molecule has 1 aliphatic heterocycles. The molecule has 1 aromatic rings. The van der Waals surface area contributed by atoms with Crippen LogP contribution in [0.2, 0.25) is 0 Å². The van der Waals surface area contributed by atoms with Crippen LogP contribution in [-0.2, 0) is 0 Å². The lowest BCUT2D eigenvalue weighted by atomic mass is 9.91. The molecule has 2 rings (SSSR count). The number of aryl methyl sites for hydroxylation is 1. The number of rotatable bonds is 6. The van der Waals surface area contributed by atoms with Gasteiger partial charge < -0.3 is 10.6 Å². The molecule has 0 spiro atoms. The van der Waals surface area contributed by atoms with Gasteiger partial charge in [-0.05, 0) is 51.6 Å².